The number of ether oxygens (including phenoxy) is 3. The van der Waals surface area contributed by atoms with Gasteiger partial charge in [-0.25, -0.2) is 0 Å². The zero-order chi connectivity index (χ0) is 14.4. The molecule has 0 radical (unpaired) electrons. The third kappa shape index (κ3) is 4.12. The van der Waals surface area contributed by atoms with Gasteiger partial charge in [0, 0.05) is 17.7 Å². The van der Waals surface area contributed by atoms with Crippen molar-refractivity contribution in [3.63, 3.8) is 0 Å². The van der Waals surface area contributed by atoms with Crippen LogP contribution in [0.2, 0.25) is 0 Å². The summed E-state index contributed by atoms with van der Waals surface area (Å²) in [5.41, 5.74) is 0.484. The Morgan fingerprint density at radius 2 is 1.63 bits per heavy atom. The van der Waals surface area contributed by atoms with Gasteiger partial charge in [-0.15, -0.1) is 13.7 Å². The van der Waals surface area contributed by atoms with E-state index in [1.54, 1.807) is 19.2 Å². The smallest absolute Gasteiger partial charge is 0.132 e. The summed E-state index contributed by atoms with van der Waals surface area (Å²) < 4.78 is 15.7. The summed E-state index contributed by atoms with van der Waals surface area (Å²) in [5.74, 6) is 2.04. The molecule has 0 saturated heterocycles. The highest BCUT2D eigenvalue weighted by molar-refractivity contribution is 7.40. The third-order valence-electron chi connectivity index (χ3n) is 2.53. The maximum absolute atomic E-state index is 12.3. The quantitative estimate of drug-likeness (QED) is 0.751. The molecule has 5 heteroatoms. The molecule has 19 heavy (non-hydrogen) atoms. The van der Waals surface area contributed by atoms with E-state index in [1.807, 2.05) is 0 Å². The van der Waals surface area contributed by atoms with Crippen LogP contribution in [0.1, 0.15) is 19.4 Å². The van der Waals surface area contributed by atoms with Crippen LogP contribution < -0.4 is 19.3 Å². The Kier molecular flexibility index (Phi) is 6.13. The second kappa shape index (κ2) is 7.37. The average Bonchev–Trinajstić information content (AvgIpc) is 2.42. The lowest BCUT2D eigenvalue weighted by atomic mass is 10.1. The van der Waals surface area contributed by atoms with Gasteiger partial charge in [0.25, 0.3) is 0 Å². The van der Waals surface area contributed by atoms with Crippen LogP contribution in [0.4, 0.5) is 0 Å². The van der Waals surface area contributed by atoms with E-state index < -0.39 is 0 Å². The van der Waals surface area contributed by atoms with Crippen molar-refractivity contribution >= 4 is 13.7 Å². The fourth-order valence-electron chi connectivity index (χ4n) is 1.56. The first-order valence-corrected chi connectivity index (χ1v) is 7.13. The van der Waals surface area contributed by atoms with Crippen molar-refractivity contribution in [1.29, 1.82) is 0 Å². The van der Waals surface area contributed by atoms with Crippen molar-refractivity contribution in [2.75, 3.05) is 27.5 Å². The summed E-state index contributed by atoms with van der Waals surface area (Å²) in [7, 11) is 5.37. The fraction of sp³-hybridized carbons (Fsp3) is 0.500. The van der Waals surface area contributed by atoms with Gasteiger partial charge >= 0.3 is 0 Å². The van der Waals surface area contributed by atoms with Crippen LogP contribution in [0.25, 0.3) is 0 Å². The van der Waals surface area contributed by atoms with Gasteiger partial charge in [0.1, 0.15) is 17.2 Å². The maximum Gasteiger partial charge on any atom is 0.132 e. The fourth-order valence-corrected chi connectivity index (χ4v) is 2.47. The zero-order valence-corrected chi connectivity index (χ0v) is 12.9. The van der Waals surface area contributed by atoms with Gasteiger partial charge in [-0.1, -0.05) is 13.8 Å². The predicted molar refractivity (Wildman–Crippen MR) is 76.8 cm³/mol. The van der Waals surface area contributed by atoms with Gasteiger partial charge in [-0.05, 0) is 12.1 Å². The normalized spacial score (nSPS) is 11.6. The Morgan fingerprint density at radius 3 is 2.00 bits per heavy atom. The first-order valence-electron chi connectivity index (χ1n) is 6.05. The highest BCUT2D eigenvalue weighted by Gasteiger charge is 2.12. The van der Waals surface area contributed by atoms with Crippen molar-refractivity contribution in [1.82, 2.24) is 0 Å². The molecule has 0 aliphatic carbocycles. The molecule has 0 saturated carbocycles. The van der Waals surface area contributed by atoms with Crippen molar-refractivity contribution in [2.24, 2.45) is 5.92 Å². The van der Waals surface area contributed by atoms with Crippen molar-refractivity contribution in [3.8, 4) is 17.2 Å². The third-order valence-corrected chi connectivity index (χ3v) is 3.95. The molecule has 0 bridgehead atoms. The van der Waals surface area contributed by atoms with E-state index in [1.165, 1.54) is 14.2 Å². The SMILES string of the molecule is COc1cc(OC)c(C([O-])=PCC(C)C)c(OC)c1. The number of benzene rings is 1. The van der Waals surface area contributed by atoms with E-state index >= 15 is 0 Å². The minimum absolute atomic E-state index is 0.00468. The van der Waals surface area contributed by atoms with Gasteiger partial charge in [0.05, 0.1) is 21.3 Å². The molecule has 0 aliphatic rings. The number of methoxy groups -OCH3 is 3. The summed E-state index contributed by atoms with van der Waals surface area (Å²) in [6.45, 7) is 4.17. The van der Waals surface area contributed by atoms with E-state index in [-0.39, 0.29) is 5.48 Å². The van der Waals surface area contributed by atoms with Crippen molar-refractivity contribution < 1.29 is 19.3 Å². The van der Waals surface area contributed by atoms with Gasteiger partial charge in [0.15, 0.2) is 0 Å². The van der Waals surface area contributed by atoms with Crippen LogP contribution in [-0.2, 0) is 0 Å². The van der Waals surface area contributed by atoms with Gasteiger partial charge in [-0.3, -0.25) is 0 Å². The minimum Gasteiger partial charge on any atom is -0.823 e. The second-order valence-electron chi connectivity index (χ2n) is 4.45. The first-order chi connectivity index (χ1) is 9.03. The summed E-state index contributed by atoms with van der Waals surface area (Å²) >= 11 is 0. The molecular weight excluding hydrogens is 263 g/mol. The lowest BCUT2D eigenvalue weighted by Gasteiger charge is -2.20. The summed E-state index contributed by atoms with van der Waals surface area (Å²) in [6, 6.07) is 3.39. The van der Waals surface area contributed by atoms with E-state index in [9.17, 15) is 5.11 Å². The van der Waals surface area contributed by atoms with Crippen LogP contribution in [0.3, 0.4) is 0 Å². The molecule has 0 N–H and O–H groups in total. The molecule has 0 aliphatic heterocycles. The molecule has 0 atom stereocenters. The van der Waals surface area contributed by atoms with Crippen LogP contribution in [0.15, 0.2) is 12.1 Å². The van der Waals surface area contributed by atoms with Gasteiger partial charge in [0.2, 0.25) is 0 Å². The van der Waals surface area contributed by atoms with Crippen molar-refractivity contribution in [2.45, 2.75) is 13.8 Å². The lowest BCUT2D eigenvalue weighted by molar-refractivity contribution is -0.207. The van der Waals surface area contributed by atoms with Crippen molar-refractivity contribution in [3.05, 3.63) is 17.7 Å². The monoisotopic (exact) mass is 283 g/mol. The maximum atomic E-state index is 12.3. The molecule has 4 nitrogen and oxygen atoms in total. The average molecular weight is 283 g/mol. The van der Waals surface area contributed by atoms with Crippen LogP contribution in [0, 0.1) is 5.92 Å². The van der Waals surface area contributed by atoms with Crippen LogP contribution in [0.5, 0.6) is 17.2 Å². The summed E-state index contributed by atoms with van der Waals surface area (Å²) in [6.07, 6.45) is 0.817. The first kappa shape index (κ1) is 15.8. The van der Waals surface area contributed by atoms with Crippen LogP contribution in [-0.4, -0.2) is 33.0 Å². The molecule has 0 spiro atoms. The molecule has 0 amide bonds. The molecular formula is C14H20O4P-. The van der Waals surface area contributed by atoms with E-state index in [4.69, 9.17) is 14.2 Å². The Balaban J connectivity index is 3.27. The Labute approximate surface area is 116 Å². The summed E-state index contributed by atoms with van der Waals surface area (Å²) in [4.78, 5) is 0. The topological polar surface area (TPSA) is 50.8 Å². The largest absolute Gasteiger partial charge is 0.823 e. The molecule has 1 aromatic carbocycles. The molecule has 0 aromatic heterocycles. The molecule has 1 rings (SSSR count). The molecule has 0 unspecified atom stereocenters. The molecule has 1 aromatic rings. The van der Waals surface area contributed by atoms with E-state index in [0.29, 0.717) is 28.7 Å². The minimum atomic E-state index is 0.00468. The van der Waals surface area contributed by atoms with E-state index in [0.717, 1.165) is 14.4 Å². The van der Waals surface area contributed by atoms with Gasteiger partial charge < -0.3 is 19.3 Å². The molecule has 0 fully saturated rings. The van der Waals surface area contributed by atoms with Gasteiger partial charge in [-0.2, -0.15) is 0 Å². The Morgan fingerprint density at radius 1 is 1.11 bits per heavy atom. The number of rotatable bonds is 6. The standard InChI is InChI=1S/C14H21O4P/c1-9(2)8-19-14(15)13-11(17-4)6-10(16-3)7-12(13)18-5/h6-7,9,15H,8H2,1-5H3/p-1. The predicted octanol–water partition coefficient (Wildman–Crippen LogP) is 2.15. The second-order valence-corrected chi connectivity index (χ2v) is 5.53. The Bertz CT molecular complexity index is 430. The molecule has 0 heterocycles. The molecule has 106 valence electrons. The highest BCUT2D eigenvalue weighted by atomic mass is 31.1. The number of hydrogen-bond donors (Lipinski definition) is 0. The summed E-state index contributed by atoms with van der Waals surface area (Å²) in [5, 5.41) is 12.3. The zero-order valence-electron chi connectivity index (χ0n) is 12.0. The van der Waals surface area contributed by atoms with E-state index in [2.05, 4.69) is 13.8 Å². The highest BCUT2D eigenvalue weighted by Crippen LogP contribution is 2.34. The van der Waals surface area contributed by atoms with Crippen LogP contribution >= 0.6 is 8.20 Å². The lowest BCUT2D eigenvalue weighted by Crippen LogP contribution is -2.19. The number of hydrogen-bond acceptors (Lipinski definition) is 4. The Hall–Kier alpha value is -1.25.